The average molecular weight is 290 g/mol. The molecule has 1 aromatic rings. The van der Waals surface area contributed by atoms with Crippen LogP contribution in [-0.4, -0.2) is 31.8 Å². The van der Waals surface area contributed by atoms with E-state index in [1.165, 1.54) is 29.7 Å². The van der Waals surface area contributed by atoms with Gasteiger partial charge >= 0.3 is 0 Å². The Kier molecular flexibility index (Phi) is 6.07. The molecule has 118 valence electrons. The Morgan fingerprint density at radius 2 is 2.19 bits per heavy atom. The van der Waals surface area contributed by atoms with Gasteiger partial charge < -0.3 is 15.0 Å². The highest BCUT2D eigenvalue weighted by Crippen LogP contribution is 2.22. The maximum Gasteiger partial charge on any atom is 0.0750 e. The van der Waals surface area contributed by atoms with Crippen LogP contribution in [0.3, 0.4) is 0 Å². The summed E-state index contributed by atoms with van der Waals surface area (Å²) >= 11 is 0. The van der Waals surface area contributed by atoms with Gasteiger partial charge in [-0.15, -0.1) is 0 Å². The molecule has 3 heteroatoms. The van der Waals surface area contributed by atoms with Crippen molar-refractivity contribution in [3.8, 4) is 0 Å². The molecule has 0 saturated carbocycles. The maximum absolute atomic E-state index is 5.77. The van der Waals surface area contributed by atoms with Crippen LogP contribution in [0.1, 0.15) is 44.7 Å². The molecular formula is C18H30N2O. The molecule has 1 aliphatic rings. The molecule has 1 atom stereocenters. The standard InChI is InChI=1S/C18H30N2O/c1-5-20(13-18-7-6-10-21-18)17-9-8-16(15(4)11-17)12-19-14(2)3/h8-9,11,14,18-19H,5-7,10,12-13H2,1-4H3. The summed E-state index contributed by atoms with van der Waals surface area (Å²) in [6, 6.07) is 7.35. The number of hydrogen-bond donors (Lipinski definition) is 1. The number of likely N-dealkylation sites (N-methyl/N-ethyl adjacent to an activating group) is 1. The predicted molar refractivity (Wildman–Crippen MR) is 90.0 cm³/mol. The molecule has 1 aromatic carbocycles. The summed E-state index contributed by atoms with van der Waals surface area (Å²) in [5.41, 5.74) is 4.07. The average Bonchev–Trinajstić information content (AvgIpc) is 2.96. The van der Waals surface area contributed by atoms with Gasteiger partial charge in [-0.3, -0.25) is 0 Å². The molecule has 21 heavy (non-hydrogen) atoms. The first-order valence-corrected chi connectivity index (χ1v) is 8.29. The van der Waals surface area contributed by atoms with Crippen LogP contribution in [0.4, 0.5) is 5.69 Å². The third-order valence-electron chi connectivity index (χ3n) is 4.22. The van der Waals surface area contributed by atoms with E-state index >= 15 is 0 Å². The van der Waals surface area contributed by atoms with E-state index in [0.29, 0.717) is 12.1 Å². The third kappa shape index (κ3) is 4.72. The first kappa shape index (κ1) is 16.3. The smallest absolute Gasteiger partial charge is 0.0750 e. The summed E-state index contributed by atoms with van der Waals surface area (Å²) in [6.07, 6.45) is 2.82. The van der Waals surface area contributed by atoms with Crippen LogP contribution in [0.2, 0.25) is 0 Å². The van der Waals surface area contributed by atoms with Crippen molar-refractivity contribution in [2.45, 2.75) is 59.2 Å². The Morgan fingerprint density at radius 1 is 1.38 bits per heavy atom. The van der Waals surface area contributed by atoms with Crippen LogP contribution in [0.5, 0.6) is 0 Å². The number of hydrogen-bond acceptors (Lipinski definition) is 3. The summed E-state index contributed by atoms with van der Waals surface area (Å²) in [4.78, 5) is 2.43. The van der Waals surface area contributed by atoms with E-state index < -0.39 is 0 Å². The summed E-state index contributed by atoms with van der Waals surface area (Å²) < 4.78 is 5.77. The normalized spacial score (nSPS) is 18.4. The van der Waals surface area contributed by atoms with Crippen LogP contribution in [0.25, 0.3) is 0 Å². The van der Waals surface area contributed by atoms with E-state index in [1.54, 1.807) is 0 Å². The van der Waals surface area contributed by atoms with E-state index in [2.05, 4.69) is 56.1 Å². The topological polar surface area (TPSA) is 24.5 Å². The largest absolute Gasteiger partial charge is 0.376 e. The minimum atomic E-state index is 0.410. The number of aryl methyl sites for hydroxylation is 1. The highest BCUT2D eigenvalue weighted by molar-refractivity contribution is 5.51. The molecule has 1 heterocycles. The molecular weight excluding hydrogens is 260 g/mol. The minimum Gasteiger partial charge on any atom is -0.376 e. The molecule has 0 aliphatic carbocycles. The van der Waals surface area contributed by atoms with Crippen molar-refractivity contribution in [1.82, 2.24) is 5.32 Å². The number of rotatable bonds is 7. The Hall–Kier alpha value is -1.06. The van der Waals surface area contributed by atoms with Crippen molar-refractivity contribution in [2.75, 3.05) is 24.6 Å². The number of nitrogens with one attached hydrogen (secondary N) is 1. The molecule has 1 saturated heterocycles. The lowest BCUT2D eigenvalue weighted by Crippen LogP contribution is -2.32. The van der Waals surface area contributed by atoms with E-state index in [-0.39, 0.29) is 0 Å². The van der Waals surface area contributed by atoms with Gasteiger partial charge in [0.15, 0.2) is 0 Å². The second kappa shape index (κ2) is 7.81. The molecule has 2 rings (SSSR count). The van der Waals surface area contributed by atoms with Crippen molar-refractivity contribution in [2.24, 2.45) is 0 Å². The Morgan fingerprint density at radius 3 is 2.76 bits per heavy atom. The number of ether oxygens (including phenoxy) is 1. The number of nitrogens with zero attached hydrogens (tertiary/aromatic N) is 1. The zero-order valence-electron chi connectivity index (χ0n) is 14.0. The molecule has 0 aromatic heterocycles. The lowest BCUT2D eigenvalue weighted by Gasteiger charge is -2.27. The van der Waals surface area contributed by atoms with Crippen molar-refractivity contribution in [3.05, 3.63) is 29.3 Å². The van der Waals surface area contributed by atoms with Gasteiger partial charge in [-0.25, -0.2) is 0 Å². The summed E-state index contributed by atoms with van der Waals surface area (Å²) in [5.74, 6) is 0. The van der Waals surface area contributed by atoms with Crippen molar-refractivity contribution >= 4 is 5.69 Å². The molecule has 0 amide bonds. The number of anilines is 1. The van der Waals surface area contributed by atoms with E-state index in [1.807, 2.05) is 0 Å². The quantitative estimate of drug-likeness (QED) is 0.832. The highest BCUT2D eigenvalue weighted by Gasteiger charge is 2.19. The van der Waals surface area contributed by atoms with Crippen LogP contribution in [-0.2, 0) is 11.3 Å². The fourth-order valence-corrected chi connectivity index (χ4v) is 2.84. The monoisotopic (exact) mass is 290 g/mol. The second-order valence-corrected chi connectivity index (χ2v) is 6.32. The first-order valence-electron chi connectivity index (χ1n) is 8.29. The molecule has 3 nitrogen and oxygen atoms in total. The SMILES string of the molecule is CCN(CC1CCCO1)c1ccc(CNC(C)C)c(C)c1. The van der Waals surface area contributed by atoms with E-state index in [4.69, 9.17) is 4.74 Å². The van der Waals surface area contributed by atoms with Crippen molar-refractivity contribution in [3.63, 3.8) is 0 Å². The van der Waals surface area contributed by atoms with Gasteiger partial charge in [-0.1, -0.05) is 19.9 Å². The summed E-state index contributed by atoms with van der Waals surface area (Å²) in [5, 5.41) is 3.49. The molecule has 1 N–H and O–H groups in total. The fourth-order valence-electron chi connectivity index (χ4n) is 2.84. The molecule has 0 bridgehead atoms. The van der Waals surface area contributed by atoms with Crippen LogP contribution >= 0.6 is 0 Å². The molecule has 0 radical (unpaired) electrons. The fraction of sp³-hybridized carbons (Fsp3) is 0.667. The van der Waals surface area contributed by atoms with Crippen LogP contribution in [0, 0.1) is 6.92 Å². The third-order valence-corrected chi connectivity index (χ3v) is 4.22. The van der Waals surface area contributed by atoms with Gasteiger partial charge in [-0.2, -0.15) is 0 Å². The van der Waals surface area contributed by atoms with E-state index in [9.17, 15) is 0 Å². The zero-order chi connectivity index (χ0) is 15.2. The van der Waals surface area contributed by atoms with Gasteiger partial charge in [0.25, 0.3) is 0 Å². The lowest BCUT2D eigenvalue weighted by molar-refractivity contribution is 0.115. The zero-order valence-corrected chi connectivity index (χ0v) is 14.0. The van der Waals surface area contributed by atoms with Gasteiger partial charge in [0.2, 0.25) is 0 Å². The van der Waals surface area contributed by atoms with E-state index in [0.717, 1.165) is 26.2 Å². The van der Waals surface area contributed by atoms with Crippen LogP contribution < -0.4 is 10.2 Å². The summed E-state index contributed by atoms with van der Waals surface area (Å²) in [6.45, 7) is 12.7. The molecule has 1 aliphatic heterocycles. The summed E-state index contributed by atoms with van der Waals surface area (Å²) in [7, 11) is 0. The molecule has 1 fully saturated rings. The van der Waals surface area contributed by atoms with Crippen molar-refractivity contribution in [1.29, 1.82) is 0 Å². The maximum atomic E-state index is 5.77. The van der Waals surface area contributed by atoms with Crippen molar-refractivity contribution < 1.29 is 4.74 Å². The van der Waals surface area contributed by atoms with Crippen LogP contribution in [0.15, 0.2) is 18.2 Å². The van der Waals surface area contributed by atoms with Gasteiger partial charge in [0.1, 0.15) is 0 Å². The van der Waals surface area contributed by atoms with Gasteiger partial charge in [-0.05, 0) is 49.9 Å². The number of benzene rings is 1. The molecule has 0 spiro atoms. The highest BCUT2D eigenvalue weighted by atomic mass is 16.5. The Balaban J connectivity index is 2.02. The minimum absolute atomic E-state index is 0.410. The Bertz CT molecular complexity index is 439. The lowest BCUT2D eigenvalue weighted by atomic mass is 10.1. The predicted octanol–water partition coefficient (Wildman–Crippen LogP) is 3.50. The first-order chi connectivity index (χ1) is 10.1. The van der Waals surface area contributed by atoms with Gasteiger partial charge in [0, 0.05) is 38.0 Å². The molecule has 1 unspecified atom stereocenters. The Labute approximate surface area is 129 Å². The van der Waals surface area contributed by atoms with Gasteiger partial charge in [0.05, 0.1) is 6.10 Å². The second-order valence-electron chi connectivity index (χ2n) is 6.32.